The number of likely N-dealkylation sites (tertiary alicyclic amines) is 1. The number of carbonyl (C=O) groups excluding carboxylic acids is 1. The zero-order valence-electron chi connectivity index (χ0n) is 13.9. The molecule has 0 aromatic heterocycles. The van der Waals surface area contributed by atoms with Crippen LogP contribution >= 0.6 is 0 Å². The van der Waals surface area contributed by atoms with E-state index in [9.17, 15) is 4.79 Å². The van der Waals surface area contributed by atoms with Gasteiger partial charge in [0.25, 0.3) is 0 Å². The van der Waals surface area contributed by atoms with Crippen LogP contribution in [0, 0.1) is 0 Å². The van der Waals surface area contributed by atoms with Crippen molar-refractivity contribution in [1.29, 1.82) is 0 Å². The smallest absolute Gasteiger partial charge is 0.239 e. The number of piperazine rings is 1. The molecule has 0 aromatic rings. The van der Waals surface area contributed by atoms with Crippen molar-refractivity contribution >= 4 is 5.91 Å². The Morgan fingerprint density at radius 2 is 1.67 bits per heavy atom. The van der Waals surface area contributed by atoms with Gasteiger partial charge in [0.2, 0.25) is 5.91 Å². The number of nitrogens with zero attached hydrogens (tertiary/aromatic N) is 3. The highest BCUT2D eigenvalue weighted by Gasteiger charge is 2.28. The van der Waals surface area contributed by atoms with Gasteiger partial charge in [-0.3, -0.25) is 14.6 Å². The van der Waals surface area contributed by atoms with Crippen LogP contribution in [0.15, 0.2) is 0 Å². The lowest BCUT2D eigenvalue weighted by Gasteiger charge is -2.37. The molecule has 0 aromatic carbocycles. The van der Waals surface area contributed by atoms with Crippen LogP contribution in [0.3, 0.4) is 0 Å². The molecule has 122 valence electrons. The first kappa shape index (κ1) is 16.7. The number of carbonyl (C=O) groups is 1. The number of hydrogen-bond donors (Lipinski definition) is 1. The van der Waals surface area contributed by atoms with E-state index in [4.69, 9.17) is 5.73 Å². The maximum Gasteiger partial charge on any atom is 0.239 e. The molecule has 2 rings (SSSR count). The molecule has 2 aliphatic heterocycles. The zero-order valence-corrected chi connectivity index (χ0v) is 13.9. The van der Waals surface area contributed by atoms with Crippen molar-refractivity contribution in [2.75, 3.05) is 39.3 Å². The fourth-order valence-electron chi connectivity index (χ4n) is 3.55. The molecule has 2 fully saturated rings. The second-order valence-electron chi connectivity index (χ2n) is 6.69. The van der Waals surface area contributed by atoms with E-state index in [1.165, 1.54) is 12.8 Å². The van der Waals surface area contributed by atoms with Gasteiger partial charge in [-0.15, -0.1) is 0 Å². The van der Waals surface area contributed by atoms with Crippen molar-refractivity contribution in [2.24, 2.45) is 5.73 Å². The molecule has 2 saturated heterocycles. The van der Waals surface area contributed by atoms with Crippen molar-refractivity contribution < 1.29 is 4.79 Å². The van der Waals surface area contributed by atoms with Gasteiger partial charge in [0.15, 0.2) is 0 Å². The van der Waals surface area contributed by atoms with Crippen LogP contribution in [0.4, 0.5) is 0 Å². The Morgan fingerprint density at radius 3 is 2.19 bits per heavy atom. The highest BCUT2D eigenvalue weighted by molar-refractivity contribution is 5.81. The van der Waals surface area contributed by atoms with E-state index in [0.29, 0.717) is 0 Å². The molecule has 0 unspecified atom stereocenters. The molecule has 5 nitrogen and oxygen atoms in total. The predicted molar refractivity (Wildman–Crippen MR) is 86.2 cm³/mol. The molecule has 0 spiro atoms. The molecule has 0 bridgehead atoms. The van der Waals surface area contributed by atoms with Gasteiger partial charge in [-0.05, 0) is 33.1 Å². The molecule has 1 amide bonds. The summed E-state index contributed by atoms with van der Waals surface area (Å²) in [6, 6.07) is 1.14. The van der Waals surface area contributed by atoms with Gasteiger partial charge in [-0.2, -0.15) is 0 Å². The molecule has 3 atom stereocenters. The van der Waals surface area contributed by atoms with Crippen molar-refractivity contribution in [1.82, 2.24) is 14.7 Å². The third-order valence-corrected chi connectivity index (χ3v) is 5.25. The number of hydrogen-bond acceptors (Lipinski definition) is 4. The summed E-state index contributed by atoms with van der Waals surface area (Å²) in [5.74, 6) is 0.124. The van der Waals surface area contributed by atoms with Gasteiger partial charge >= 0.3 is 0 Å². The first-order valence-electron chi connectivity index (χ1n) is 8.55. The van der Waals surface area contributed by atoms with Crippen molar-refractivity contribution in [2.45, 2.75) is 58.2 Å². The van der Waals surface area contributed by atoms with Crippen LogP contribution in [0.5, 0.6) is 0 Å². The molecule has 0 radical (unpaired) electrons. The fourth-order valence-corrected chi connectivity index (χ4v) is 3.55. The van der Waals surface area contributed by atoms with Crippen molar-refractivity contribution in [3.05, 3.63) is 0 Å². The molecular formula is C16H32N4O. The van der Waals surface area contributed by atoms with E-state index in [-0.39, 0.29) is 11.9 Å². The quantitative estimate of drug-likeness (QED) is 0.813. The number of nitrogens with two attached hydrogens (primary N) is 1. The van der Waals surface area contributed by atoms with Gasteiger partial charge in [0.1, 0.15) is 0 Å². The average Bonchev–Trinajstić information content (AvgIpc) is 2.83. The molecular weight excluding hydrogens is 264 g/mol. The maximum absolute atomic E-state index is 12.1. The molecule has 0 aliphatic carbocycles. The van der Waals surface area contributed by atoms with E-state index in [0.717, 1.165) is 57.8 Å². The van der Waals surface area contributed by atoms with Gasteiger partial charge in [-0.1, -0.05) is 6.92 Å². The standard InChI is InChI=1S/C16H32N4O/c1-4-15(17)16(21)19-10-7-18(8-11-19)9-12-20-13(2)5-6-14(20)3/h13-15H,4-12,17H2,1-3H3/t13-,14-,15-/m0/s1. The predicted octanol–water partition coefficient (Wildman–Crippen LogP) is 0.741. The number of rotatable bonds is 5. The summed E-state index contributed by atoms with van der Waals surface area (Å²) in [6.45, 7) is 12.6. The van der Waals surface area contributed by atoms with Gasteiger partial charge in [0, 0.05) is 51.4 Å². The van der Waals surface area contributed by atoms with Gasteiger partial charge in [-0.25, -0.2) is 0 Å². The highest BCUT2D eigenvalue weighted by atomic mass is 16.2. The average molecular weight is 296 g/mol. The lowest BCUT2D eigenvalue weighted by atomic mass is 10.2. The van der Waals surface area contributed by atoms with Crippen LogP contribution in [0.2, 0.25) is 0 Å². The number of amides is 1. The Bertz CT molecular complexity index is 331. The zero-order chi connectivity index (χ0) is 15.4. The molecule has 2 heterocycles. The Kier molecular flexibility index (Phi) is 6.02. The summed E-state index contributed by atoms with van der Waals surface area (Å²) < 4.78 is 0. The fraction of sp³-hybridized carbons (Fsp3) is 0.938. The topological polar surface area (TPSA) is 52.8 Å². The SMILES string of the molecule is CC[C@H](N)C(=O)N1CCN(CCN2[C@@H](C)CC[C@@H]2C)CC1. The summed E-state index contributed by atoms with van der Waals surface area (Å²) in [6.07, 6.45) is 3.39. The molecule has 2 aliphatic rings. The van der Waals surface area contributed by atoms with Crippen LogP contribution in [-0.4, -0.2) is 78.0 Å². The van der Waals surface area contributed by atoms with E-state index in [1.807, 2.05) is 11.8 Å². The second kappa shape index (κ2) is 7.56. The molecule has 21 heavy (non-hydrogen) atoms. The molecule has 2 N–H and O–H groups in total. The van der Waals surface area contributed by atoms with Crippen molar-refractivity contribution in [3.8, 4) is 0 Å². The lowest BCUT2D eigenvalue weighted by molar-refractivity contribution is -0.134. The van der Waals surface area contributed by atoms with Gasteiger partial charge < -0.3 is 10.6 Å². The summed E-state index contributed by atoms with van der Waals surface area (Å²) >= 11 is 0. The van der Waals surface area contributed by atoms with Crippen LogP contribution in [0.1, 0.15) is 40.0 Å². The summed E-state index contributed by atoms with van der Waals surface area (Å²) in [5, 5.41) is 0. The molecule has 0 saturated carbocycles. The highest BCUT2D eigenvalue weighted by Crippen LogP contribution is 2.22. The summed E-state index contributed by atoms with van der Waals surface area (Å²) in [7, 11) is 0. The lowest BCUT2D eigenvalue weighted by Crippen LogP contribution is -2.54. The Morgan fingerprint density at radius 1 is 1.10 bits per heavy atom. The van der Waals surface area contributed by atoms with E-state index >= 15 is 0 Å². The normalized spacial score (nSPS) is 29.8. The first-order valence-corrected chi connectivity index (χ1v) is 8.55. The van der Waals surface area contributed by atoms with Gasteiger partial charge in [0.05, 0.1) is 6.04 Å². The minimum absolute atomic E-state index is 0.124. The monoisotopic (exact) mass is 296 g/mol. The summed E-state index contributed by atoms with van der Waals surface area (Å²) in [5.41, 5.74) is 5.84. The van der Waals surface area contributed by atoms with Crippen LogP contribution in [-0.2, 0) is 4.79 Å². The Labute approximate surface area is 129 Å². The largest absolute Gasteiger partial charge is 0.339 e. The first-order chi connectivity index (χ1) is 10.0. The van der Waals surface area contributed by atoms with Crippen molar-refractivity contribution in [3.63, 3.8) is 0 Å². The summed E-state index contributed by atoms with van der Waals surface area (Å²) in [4.78, 5) is 19.1. The third-order valence-electron chi connectivity index (χ3n) is 5.25. The third kappa shape index (κ3) is 4.18. The van der Waals surface area contributed by atoms with Crippen LogP contribution in [0.25, 0.3) is 0 Å². The minimum atomic E-state index is -0.317. The second-order valence-corrected chi connectivity index (χ2v) is 6.69. The van der Waals surface area contributed by atoms with E-state index in [1.54, 1.807) is 0 Å². The maximum atomic E-state index is 12.1. The Balaban J connectivity index is 1.71. The Hall–Kier alpha value is -0.650. The van der Waals surface area contributed by atoms with Crippen LogP contribution < -0.4 is 5.73 Å². The minimum Gasteiger partial charge on any atom is -0.339 e. The molecule has 5 heteroatoms. The van der Waals surface area contributed by atoms with E-state index < -0.39 is 0 Å². The van der Waals surface area contributed by atoms with E-state index in [2.05, 4.69) is 23.6 Å².